The van der Waals surface area contributed by atoms with E-state index in [1.807, 2.05) is 12.4 Å². The lowest BCUT2D eigenvalue weighted by atomic mass is 10.1. The summed E-state index contributed by atoms with van der Waals surface area (Å²) in [7, 11) is 0. The lowest BCUT2D eigenvalue weighted by Gasteiger charge is -2.16. The maximum Gasteiger partial charge on any atom is 0.127 e. The van der Waals surface area contributed by atoms with Crippen molar-refractivity contribution in [1.82, 2.24) is 15.0 Å². The number of aromatic nitrogens is 2. The molecule has 0 aliphatic heterocycles. The van der Waals surface area contributed by atoms with E-state index >= 15 is 0 Å². The fraction of sp³-hybridized carbons (Fsp3) is 0.364. The summed E-state index contributed by atoms with van der Waals surface area (Å²) >= 11 is 1.70. The van der Waals surface area contributed by atoms with Crippen LogP contribution in [0.5, 0.6) is 0 Å². The molecule has 0 spiro atoms. The summed E-state index contributed by atoms with van der Waals surface area (Å²) < 4.78 is 2.11. The Labute approximate surface area is 99.1 Å². The van der Waals surface area contributed by atoms with Crippen molar-refractivity contribution in [3.63, 3.8) is 0 Å². The van der Waals surface area contributed by atoms with Crippen molar-refractivity contribution in [2.24, 2.45) is 5.84 Å². The second kappa shape index (κ2) is 5.25. The summed E-state index contributed by atoms with van der Waals surface area (Å²) in [6, 6.07) is 2.19. The molecule has 3 N–H and O–H groups in total. The molecular weight excluding hydrogens is 220 g/mol. The molecule has 1 atom stereocenters. The predicted octanol–water partition coefficient (Wildman–Crippen LogP) is 1.71. The van der Waals surface area contributed by atoms with Gasteiger partial charge in [-0.1, -0.05) is 0 Å². The largest absolute Gasteiger partial charge is 0.334 e. The van der Waals surface area contributed by atoms with Gasteiger partial charge in [-0.25, -0.2) is 10.4 Å². The van der Waals surface area contributed by atoms with Crippen LogP contribution in [-0.4, -0.2) is 9.55 Å². The highest BCUT2D eigenvalue weighted by Gasteiger charge is 2.15. The Bertz CT molecular complexity index is 421. The van der Waals surface area contributed by atoms with Crippen molar-refractivity contribution in [1.29, 1.82) is 0 Å². The van der Waals surface area contributed by atoms with Crippen LogP contribution in [0.1, 0.15) is 24.4 Å². The molecule has 0 saturated carbocycles. The van der Waals surface area contributed by atoms with Crippen molar-refractivity contribution < 1.29 is 0 Å². The van der Waals surface area contributed by atoms with Crippen LogP contribution < -0.4 is 11.3 Å². The van der Waals surface area contributed by atoms with Crippen molar-refractivity contribution in [3.8, 4) is 0 Å². The molecule has 0 aliphatic carbocycles. The first-order chi connectivity index (χ1) is 7.85. The van der Waals surface area contributed by atoms with Crippen molar-refractivity contribution >= 4 is 11.3 Å². The average Bonchev–Trinajstić information content (AvgIpc) is 2.96. The third kappa shape index (κ3) is 2.32. The first-order valence-corrected chi connectivity index (χ1v) is 6.27. The number of imidazole rings is 1. The number of nitrogens with zero attached hydrogens (tertiary/aromatic N) is 2. The summed E-state index contributed by atoms with van der Waals surface area (Å²) in [5.41, 5.74) is 4.13. The van der Waals surface area contributed by atoms with Crippen LogP contribution in [0, 0.1) is 0 Å². The molecule has 5 heteroatoms. The molecule has 2 rings (SSSR count). The highest BCUT2D eigenvalue weighted by molar-refractivity contribution is 7.07. The normalized spacial score (nSPS) is 12.9. The highest BCUT2D eigenvalue weighted by atomic mass is 32.1. The number of hydrazine groups is 1. The van der Waals surface area contributed by atoms with E-state index in [4.69, 9.17) is 5.84 Å². The summed E-state index contributed by atoms with van der Waals surface area (Å²) in [4.78, 5) is 4.36. The van der Waals surface area contributed by atoms with E-state index in [-0.39, 0.29) is 6.04 Å². The van der Waals surface area contributed by atoms with E-state index in [9.17, 15) is 0 Å². The van der Waals surface area contributed by atoms with Gasteiger partial charge in [0.1, 0.15) is 5.82 Å². The molecule has 4 nitrogen and oxygen atoms in total. The lowest BCUT2D eigenvalue weighted by Crippen LogP contribution is -2.31. The number of thiophene rings is 1. The van der Waals surface area contributed by atoms with Crippen LogP contribution in [-0.2, 0) is 13.0 Å². The highest BCUT2D eigenvalue weighted by Crippen LogP contribution is 2.18. The SMILES string of the molecule is CCn1ccnc1C(Cc1ccsc1)NN. The van der Waals surface area contributed by atoms with Crippen LogP contribution in [0.2, 0.25) is 0 Å². The van der Waals surface area contributed by atoms with Gasteiger partial charge in [-0.2, -0.15) is 11.3 Å². The second-order valence-corrected chi connectivity index (χ2v) is 4.41. The molecule has 0 bridgehead atoms. The van der Waals surface area contributed by atoms with E-state index in [1.165, 1.54) is 5.56 Å². The van der Waals surface area contributed by atoms with E-state index in [1.54, 1.807) is 11.3 Å². The molecule has 86 valence electrons. The first-order valence-electron chi connectivity index (χ1n) is 5.33. The summed E-state index contributed by atoms with van der Waals surface area (Å²) in [5, 5.41) is 4.22. The molecule has 0 aromatic carbocycles. The van der Waals surface area contributed by atoms with Gasteiger partial charge in [0, 0.05) is 18.9 Å². The van der Waals surface area contributed by atoms with Crippen LogP contribution >= 0.6 is 11.3 Å². The second-order valence-electron chi connectivity index (χ2n) is 3.63. The van der Waals surface area contributed by atoms with Gasteiger partial charge in [0.25, 0.3) is 0 Å². The van der Waals surface area contributed by atoms with Gasteiger partial charge in [-0.15, -0.1) is 0 Å². The molecule has 0 amide bonds. The Kier molecular flexibility index (Phi) is 3.71. The molecule has 0 aliphatic rings. The zero-order valence-corrected chi connectivity index (χ0v) is 10.1. The Balaban J connectivity index is 2.16. The van der Waals surface area contributed by atoms with Crippen LogP contribution in [0.4, 0.5) is 0 Å². The summed E-state index contributed by atoms with van der Waals surface area (Å²) in [6.07, 6.45) is 4.67. The van der Waals surface area contributed by atoms with Crippen LogP contribution in [0.25, 0.3) is 0 Å². The smallest absolute Gasteiger partial charge is 0.127 e. The molecule has 1 unspecified atom stereocenters. The number of hydrogen-bond acceptors (Lipinski definition) is 4. The minimum atomic E-state index is 0.0737. The van der Waals surface area contributed by atoms with E-state index in [2.05, 4.69) is 38.7 Å². The van der Waals surface area contributed by atoms with Gasteiger partial charge < -0.3 is 4.57 Å². The molecule has 0 fully saturated rings. The standard InChI is InChI=1S/C11H16N4S/c1-2-15-5-4-13-11(15)10(14-12)7-9-3-6-16-8-9/h3-6,8,10,14H,2,7,12H2,1H3. The number of rotatable bonds is 5. The zero-order valence-electron chi connectivity index (χ0n) is 9.26. The van der Waals surface area contributed by atoms with E-state index in [0.717, 1.165) is 18.8 Å². The minimum Gasteiger partial charge on any atom is -0.334 e. The molecule has 0 saturated heterocycles. The van der Waals surface area contributed by atoms with Crippen molar-refractivity contribution in [2.75, 3.05) is 0 Å². The summed E-state index contributed by atoms with van der Waals surface area (Å²) in [5.74, 6) is 6.60. The Morgan fingerprint density at radius 3 is 3.12 bits per heavy atom. The number of nitrogens with two attached hydrogens (primary N) is 1. The Hall–Kier alpha value is -1.17. The van der Waals surface area contributed by atoms with Gasteiger partial charge in [-0.3, -0.25) is 5.84 Å². The molecule has 2 aromatic rings. The maximum absolute atomic E-state index is 5.60. The fourth-order valence-electron chi connectivity index (χ4n) is 1.77. The average molecular weight is 236 g/mol. The number of aryl methyl sites for hydroxylation is 1. The monoisotopic (exact) mass is 236 g/mol. The molecule has 2 aromatic heterocycles. The van der Waals surface area contributed by atoms with Gasteiger partial charge in [0.15, 0.2) is 0 Å². The fourth-order valence-corrected chi connectivity index (χ4v) is 2.45. The van der Waals surface area contributed by atoms with Crippen LogP contribution in [0.15, 0.2) is 29.2 Å². The number of nitrogens with one attached hydrogen (secondary N) is 1. The van der Waals surface area contributed by atoms with E-state index in [0.29, 0.717) is 0 Å². The number of hydrogen-bond donors (Lipinski definition) is 2. The maximum atomic E-state index is 5.60. The minimum absolute atomic E-state index is 0.0737. The van der Waals surface area contributed by atoms with Crippen molar-refractivity contribution in [3.05, 3.63) is 40.6 Å². The first kappa shape index (κ1) is 11.3. The van der Waals surface area contributed by atoms with Crippen molar-refractivity contribution in [2.45, 2.75) is 25.9 Å². The molecule has 16 heavy (non-hydrogen) atoms. The van der Waals surface area contributed by atoms with Gasteiger partial charge in [-0.05, 0) is 35.7 Å². The third-order valence-electron chi connectivity index (χ3n) is 2.62. The topological polar surface area (TPSA) is 55.9 Å². The Morgan fingerprint density at radius 1 is 1.62 bits per heavy atom. The van der Waals surface area contributed by atoms with Crippen LogP contribution in [0.3, 0.4) is 0 Å². The molecule has 2 heterocycles. The van der Waals surface area contributed by atoms with Gasteiger partial charge in [0.05, 0.1) is 6.04 Å². The molecule has 0 radical (unpaired) electrons. The van der Waals surface area contributed by atoms with Gasteiger partial charge in [0.2, 0.25) is 0 Å². The Morgan fingerprint density at radius 2 is 2.50 bits per heavy atom. The quantitative estimate of drug-likeness (QED) is 0.614. The zero-order chi connectivity index (χ0) is 11.4. The third-order valence-corrected chi connectivity index (χ3v) is 3.35. The van der Waals surface area contributed by atoms with E-state index < -0.39 is 0 Å². The predicted molar refractivity (Wildman–Crippen MR) is 66.0 cm³/mol. The summed E-state index contributed by atoms with van der Waals surface area (Å²) in [6.45, 7) is 3.01. The molecular formula is C11H16N4S. The lowest BCUT2D eigenvalue weighted by molar-refractivity contribution is 0.496. The van der Waals surface area contributed by atoms with Gasteiger partial charge >= 0.3 is 0 Å².